The summed E-state index contributed by atoms with van der Waals surface area (Å²) in [5.74, 6) is 0.859. The second-order valence-corrected chi connectivity index (χ2v) is 9.42. The monoisotopic (exact) mass is 368 g/mol. The van der Waals surface area contributed by atoms with Crippen LogP contribution in [0.5, 0.6) is 0 Å². The van der Waals surface area contributed by atoms with Crippen LogP contribution in [0, 0.1) is 40.8 Å². The molecular formula is C22H25FN2O2. The number of halogens is 1. The predicted octanol–water partition coefficient (Wildman–Crippen LogP) is 3.01. The van der Waals surface area contributed by atoms with Crippen molar-refractivity contribution in [2.75, 3.05) is 13.1 Å². The number of nitriles is 1. The molecule has 4 nitrogen and oxygen atoms in total. The molecule has 1 heterocycles. The molecule has 0 spiro atoms. The highest BCUT2D eigenvalue weighted by molar-refractivity contribution is 5.79. The lowest BCUT2D eigenvalue weighted by Crippen LogP contribution is -2.63. The largest absolute Gasteiger partial charge is 0.390 e. The molecule has 1 aliphatic heterocycles. The van der Waals surface area contributed by atoms with Crippen LogP contribution < -0.4 is 0 Å². The predicted molar refractivity (Wildman–Crippen MR) is 96.9 cm³/mol. The number of aliphatic hydroxyl groups is 1. The lowest BCUT2D eigenvalue weighted by atomic mass is 9.41. The Hall–Kier alpha value is -1.93. The second kappa shape index (κ2) is 5.78. The molecule has 5 heteroatoms. The highest BCUT2D eigenvalue weighted by atomic mass is 19.1. The van der Waals surface area contributed by atoms with Gasteiger partial charge in [-0.15, -0.1) is 0 Å². The summed E-state index contributed by atoms with van der Waals surface area (Å²) >= 11 is 0. The SMILES string of the molecule is N#CC1CN(C(=O)CC2(c3ccc(F)cc3)C3CC4CC2CC(O)(C4)C3)C1. The molecule has 1 N–H and O–H groups in total. The van der Waals surface area contributed by atoms with Gasteiger partial charge in [0, 0.05) is 24.9 Å². The van der Waals surface area contributed by atoms with Gasteiger partial charge in [-0.3, -0.25) is 4.79 Å². The van der Waals surface area contributed by atoms with Gasteiger partial charge in [-0.1, -0.05) is 12.1 Å². The summed E-state index contributed by atoms with van der Waals surface area (Å²) in [7, 11) is 0. The van der Waals surface area contributed by atoms with Crippen molar-refractivity contribution in [2.24, 2.45) is 23.7 Å². The molecule has 27 heavy (non-hydrogen) atoms. The van der Waals surface area contributed by atoms with Gasteiger partial charge in [0.1, 0.15) is 5.82 Å². The van der Waals surface area contributed by atoms with Crippen molar-refractivity contribution < 1.29 is 14.3 Å². The van der Waals surface area contributed by atoms with Crippen molar-refractivity contribution in [1.29, 1.82) is 5.26 Å². The van der Waals surface area contributed by atoms with E-state index in [1.807, 2.05) is 12.1 Å². The summed E-state index contributed by atoms with van der Waals surface area (Å²) in [6.07, 6.45) is 4.88. The zero-order valence-corrected chi connectivity index (χ0v) is 15.4. The normalized spacial score (nSPS) is 39.9. The number of rotatable bonds is 3. The summed E-state index contributed by atoms with van der Waals surface area (Å²) in [6, 6.07) is 8.92. The molecule has 4 saturated carbocycles. The topological polar surface area (TPSA) is 64.3 Å². The molecule has 6 rings (SSSR count). The highest BCUT2D eigenvalue weighted by Crippen LogP contribution is 2.65. The van der Waals surface area contributed by atoms with Gasteiger partial charge in [0.25, 0.3) is 0 Å². The average molecular weight is 368 g/mol. The first kappa shape index (κ1) is 17.2. The number of carbonyl (C=O) groups is 1. The van der Waals surface area contributed by atoms with Crippen LogP contribution in [0.4, 0.5) is 4.39 Å². The first-order valence-electron chi connectivity index (χ1n) is 10.1. The van der Waals surface area contributed by atoms with E-state index in [2.05, 4.69) is 6.07 Å². The average Bonchev–Trinajstić information content (AvgIpc) is 2.57. The zero-order chi connectivity index (χ0) is 18.8. The van der Waals surface area contributed by atoms with Gasteiger partial charge in [-0.25, -0.2) is 4.39 Å². The fourth-order valence-electron chi connectivity index (χ4n) is 6.81. The smallest absolute Gasteiger partial charge is 0.223 e. The van der Waals surface area contributed by atoms with Gasteiger partial charge in [-0.2, -0.15) is 5.26 Å². The number of likely N-dealkylation sites (tertiary alicyclic amines) is 1. The lowest BCUT2D eigenvalue weighted by Gasteiger charge is -2.64. The number of nitrogens with zero attached hydrogens (tertiary/aromatic N) is 2. The van der Waals surface area contributed by atoms with Gasteiger partial charge >= 0.3 is 0 Å². The van der Waals surface area contributed by atoms with Gasteiger partial charge in [0.05, 0.1) is 17.6 Å². The molecule has 142 valence electrons. The van der Waals surface area contributed by atoms with Crippen molar-refractivity contribution >= 4 is 5.91 Å². The van der Waals surface area contributed by atoms with Crippen molar-refractivity contribution in [1.82, 2.24) is 4.90 Å². The number of hydrogen-bond acceptors (Lipinski definition) is 3. The van der Waals surface area contributed by atoms with E-state index in [4.69, 9.17) is 5.26 Å². The van der Waals surface area contributed by atoms with E-state index in [0.29, 0.717) is 25.4 Å². The van der Waals surface area contributed by atoms with Crippen LogP contribution in [0.1, 0.15) is 44.1 Å². The van der Waals surface area contributed by atoms with E-state index >= 15 is 0 Å². The van der Waals surface area contributed by atoms with E-state index in [1.54, 1.807) is 4.90 Å². The Morgan fingerprint density at radius 2 is 1.81 bits per heavy atom. The molecule has 2 unspecified atom stereocenters. The lowest BCUT2D eigenvalue weighted by molar-refractivity contribution is -0.173. The van der Waals surface area contributed by atoms with Crippen molar-refractivity contribution in [3.63, 3.8) is 0 Å². The third-order valence-electron chi connectivity index (χ3n) is 7.86. The third kappa shape index (κ3) is 2.53. The summed E-state index contributed by atoms with van der Waals surface area (Å²) in [6.45, 7) is 1.05. The molecule has 4 aliphatic carbocycles. The van der Waals surface area contributed by atoms with Gasteiger partial charge in [0.2, 0.25) is 5.91 Å². The molecule has 1 aromatic carbocycles. The van der Waals surface area contributed by atoms with E-state index in [-0.39, 0.29) is 34.9 Å². The molecule has 4 bridgehead atoms. The van der Waals surface area contributed by atoms with E-state index < -0.39 is 5.60 Å². The van der Waals surface area contributed by atoms with Crippen LogP contribution in [0.2, 0.25) is 0 Å². The Labute approximate surface area is 159 Å². The van der Waals surface area contributed by atoms with E-state index in [0.717, 1.165) is 37.7 Å². The van der Waals surface area contributed by atoms with Crippen LogP contribution >= 0.6 is 0 Å². The molecule has 1 saturated heterocycles. The summed E-state index contributed by atoms with van der Waals surface area (Å²) in [4.78, 5) is 14.9. The highest BCUT2D eigenvalue weighted by Gasteiger charge is 2.63. The standard InChI is InChI=1S/C22H25FN2O2/c23-19-3-1-16(2-4-19)22(10-20(26)25-12-15(11-24)13-25)17-5-14-6-18(22)9-21(27,7-14)8-17/h1-4,14-15,17-18,27H,5-10,12-13H2. The number of hydrogen-bond donors (Lipinski definition) is 1. The molecular weight excluding hydrogens is 343 g/mol. The maximum Gasteiger partial charge on any atom is 0.223 e. The van der Waals surface area contributed by atoms with Gasteiger partial charge < -0.3 is 10.0 Å². The molecule has 5 aliphatic rings. The molecule has 1 aromatic rings. The first-order chi connectivity index (χ1) is 12.9. The second-order valence-electron chi connectivity index (χ2n) is 9.42. The third-order valence-corrected chi connectivity index (χ3v) is 7.86. The number of benzene rings is 1. The van der Waals surface area contributed by atoms with Gasteiger partial charge in [0.15, 0.2) is 0 Å². The van der Waals surface area contributed by atoms with E-state index in [9.17, 15) is 14.3 Å². The summed E-state index contributed by atoms with van der Waals surface area (Å²) in [5, 5.41) is 20.0. The van der Waals surface area contributed by atoms with Crippen LogP contribution in [-0.4, -0.2) is 34.6 Å². The van der Waals surface area contributed by atoms with Crippen molar-refractivity contribution in [2.45, 2.75) is 49.5 Å². The van der Waals surface area contributed by atoms with Crippen molar-refractivity contribution in [3.8, 4) is 6.07 Å². The fourth-order valence-corrected chi connectivity index (χ4v) is 6.81. The molecule has 2 atom stereocenters. The minimum Gasteiger partial charge on any atom is -0.390 e. The Bertz CT molecular complexity index is 793. The Balaban J connectivity index is 1.51. The summed E-state index contributed by atoms with van der Waals surface area (Å²) < 4.78 is 13.6. The van der Waals surface area contributed by atoms with Crippen LogP contribution in [0.3, 0.4) is 0 Å². The molecule has 1 amide bonds. The van der Waals surface area contributed by atoms with E-state index in [1.165, 1.54) is 12.1 Å². The quantitative estimate of drug-likeness (QED) is 0.892. The van der Waals surface area contributed by atoms with Crippen molar-refractivity contribution in [3.05, 3.63) is 35.6 Å². The minimum absolute atomic E-state index is 0.0464. The van der Waals surface area contributed by atoms with Gasteiger partial charge in [-0.05, 0) is 67.6 Å². The van der Waals surface area contributed by atoms with Crippen LogP contribution in [0.25, 0.3) is 0 Å². The molecule has 5 fully saturated rings. The first-order valence-corrected chi connectivity index (χ1v) is 10.1. The Morgan fingerprint density at radius 3 is 2.37 bits per heavy atom. The Kier molecular flexibility index (Phi) is 3.68. The minimum atomic E-state index is -0.578. The Morgan fingerprint density at radius 1 is 1.19 bits per heavy atom. The molecule has 0 aromatic heterocycles. The summed E-state index contributed by atoms with van der Waals surface area (Å²) in [5.41, 5.74) is 0.157. The maximum absolute atomic E-state index is 13.6. The fraction of sp³-hybridized carbons (Fsp3) is 0.636. The number of carbonyl (C=O) groups excluding carboxylic acids is 1. The van der Waals surface area contributed by atoms with Crippen LogP contribution in [-0.2, 0) is 10.2 Å². The maximum atomic E-state index is 13.6. The number of amides is 1. The molecule has 0 radical (unpaired) electrons. The van der Waals surface area contributed by atoms with Crippen LogP contribution in [0.15, 0.2) is 24.3 Å². The zero-order valence-electron chi connectivity index (χ0n) is 15.4.